The van der Waals surface area contributed by atoms with Crippen molar-refractivity contribution in [2.24, 2.45) is 0 Å². The quantitative estimate of drug-likeness (QED) is 0.650. The number of halogens is 1. The van der Waals surface area contributed by atoms with Gasteiger partial charge in [-0.05, 0) is 35.0 Å². The van der Waals surface area contributed by atoms with E-state index in [9.17, 15) is 4.79 Å². The second-order valence-electron chi connectivity index (χ2n) is 4.19. The third-order valence-electron chi connectivity index (χ3n) is 2.62. The fourth-order valence-electron chi connectivity index (χ4n) is 1.60. The van der Waals surface area contributed by atoms with Crippen LogP contribution in [0, 0.1) is 6.92 Å². The molecule has 0 aliphatic rings. The number of nitrogens with one attached hydrogen (secondary N) is 1. The molecular formula is C13H14ClN5OS. The first-order valence-electron chi connectivity index (χ1n) is 6.17. The number of tetrazole rings is 1. The molecule has 0 aliphatic heterocycles. The van der Waals surface area contributed by atoms with Crippen molar-refractivity contribution in [3.05, 3.63) is 41.4 Å². The molecule has 0 unspecified atom stereocenters. The Hall–Kier alpha value is -1.86. The summed E-state index contributed by atoms with van der Waals surface area (Å²) in [6, 6.07) is 5.49. The Balaban J connectivity index is 2.13. The Kier molecular flexibility index (Phi) is 5.35. The van der Waals surface area contributed by atoms with Crippen LogP contribution in [0.4, 0.5) is 0 Å². The first-order chi connectivity index (χ1) is 10.1. The van der Waals surface area contributed by atoms with Gasteiger partial charge in [0.2, 0.25) is 11.1 Å². The first kappa shape index (κ1) is 15.5. The standard InChI is InChI=1S/C13H14ClN5OS/c1-3-6-15-12(20)8-21-13-16-17-18-19(13)11-7-10(14)5-4-9(11)2/h3-5,7H,1,6,8H2,2H3,(H,15,20). The molecule has 2 rings (SSSR count). The zero-order valence-electron chi connectivity index (χ0n) is 11.4. The number of amides is 1. The number of aryl methyl sites for hydroxylation is 1. The van der Waals surface area contributed by atoms with Crippen molar-refractivity contribution in [1.29, 1.82) is 0 Å². The van der Waals surface area contributed by atoms with E-state index in [-0.39, 0.29) is 11.7 Å². The second kappa shape index (κ2) is 7.24. The molecule has 2 aromatic rings. The molecule has 6 nitrogen and oxygen atoms in total. The van der Waals surface area contributed by atoms with Gasteiger partial charge in [-0.3, -0.25) is 4.79 Å². The summed E-state index contributed by atoms with van der Waals surface area (Å²) in [7, 11) is 0. The molecule has 1 N–H and O–H groups in total. The van der Waals surface area contributed by atoms with Gasteiger partial charge in [-0.1, -0.05) is 35.5 Å². The lowest BCUT2D eigenvalue weighted by molar-refractivity contribution is -0.118. The van der Waals surface area contributed by atoms with Gasteiger partial charge in [-0.2, -0.15) is 4.68 Å². The van der Waals surface area contributed by atoms with Crippen molar-refractivity contribution >= 4 is 29.3 Å². The van der Waals surface area contributed by atoms with Crippen LogP contribution in [0.5, 0.6) is 0 Å². The number of nitrogens with zero attached hydrogens (tertiary/aromatic N) is 4. The van der Waals surface area contributed by atoms with Crippen molar-refractivity contribution in [2.45, 2.75) is 12.1 Å². The monoisotopic (exact) mass is 323 g/mol. The molecule has 0 saturated carbocycles. The van der Waals surface area contributed by atoms with E-state index in [1.807, 2.05) is 13.0 Å². The first-order valence-corrected chi connectivity index (χ1v) is 7.53. The lowest BCUT2D eigenvalue weighted by atomic mass is 10.2. The molecule has 0 fully saturated rings. The molecule has 1 amide bonds. The summed E-state index contributed by atoms with van der Waals surface area (Å²) >= 11 is 7.27. The third-order valence-corrected chi connectivity index (χ3v) is 3.77. The third kappa shape index (κ3) is 4.05. The second-order valence-corrected chi connectivity index (χ2v) is 5.56. The van der Waals surface area contributed by atoms with Crippen LogP contribution in [-0.4, -0.2) is 38.4 Å². The molecule has 0 bridgehead atoms. The van der Waals surface area contributed by atoms with Crippen LogP contribution in [0.2, 0.25) is 5.02 Å². The topological polar surface area (TPSA) is 72.7 Å². The number of benzene rings is 1. The minimum atomic E-state index is -0.0998. The Morgan fingerprint density at radius 2 is 2.38 bits per heavy atom. The number of thioether (sulfide) groups is 1. The molecule has 0 radical (unpaired) electrons. The summed E-state index contributed by atoms with van der Waals surface area (Å²) in [5, 5.41) is 15.4. The molecule has 1 aromatic carbocycles. The van der Waals surface area contributed by atoms with Gasteiger partial charge in [0.25, 0.3) is 0 Å². The summed E-state index contributed by atoms with van der Waals surface area (Å²) < 4.78 is 1.58. The Morgan fingerprint density at radius 3 is 3.14 bits per heavy atom. The van der Waals surface area contributed by atoms with Gasteiger partial charge in [0.05, 0.1) is 11.4 Å². The summed E-state index contributed by atoms with van der Waals surface area (Å²) in [4.78, 5) is 11.6. The molecular weight excluding hydrogens is 310 g/mol. The van der Waals surface area contributed by atoms with E-state index in [1.165, 1.54) is 11.8 Å². The van der Waals surface area contributed by atoms with E-state index in [4.69, 9.17) is 11.6 Å². The largest absolute Gasteiger partial charge is 0.352 e. The smallest absolute Gasteiger partial charge is 0.230 e. The summed E-state index contributed by atoms with van der Waals surface area (Å²) in [6.07, 6.45) is 1.63. The molecule has 0 atom stereocenters. The van der Waals surface area contributed by atoms with Crippen LogP contribution in [0.15, 0.2) is 36.0 Å². The number of carbonyl (C=O) groups excluding carboxylic acids is 1. The molecule has 0 spiro atoms. The van der Waals surface area contributed by atoms with Crippen molar-refractivity contribution < 1.29 is 4.79 Å². The van der Waals surface area contributed by atoms with Crippen molar-refractivity contribution in [3.8, 4) is 5.69 Å². The van der Waals surface area contributed by atoms with Crippen LogP contribution in [0.3, 0.4) is 0 Å². The van der Waals surface area contributed by atoms with Crippen molar-refractivity contribution in [1.82, 2.24) is 25.5 Å². The fraction of sp³-hybridized carbons (Fsp3) is 0.231. The average molecular weight is 324 g/mol. The molecule has 1 aromatic heterocycles. The lowest BCUT2D eigenvalue weighted by Crippen LogP contribution is -2.25. The molecule has 21 heavy (non-hydrogen) atoms. The molecule has 8 heteroatoms. The highest BCUT2D eigenvalue weighted by Crippen LogP contribution is 2.23. The minimum absolute atomic E-state index is 0.0998. The lowest BCUT2D eigenvalue weighted by Gasteiger charge is -2.07. The zero-order chi connectivity index (χ0) is 15.2. The van der Waals surface area contributed by atoms with Gasteiger partial charge in [0, 0.05) is 11.6 Å². The SMILES string of the molecule is C=CCNC(=O)CSc1nnnn1-c1cc(Cl)ccc1C. The van der Waals surface area contributed by atoms with Gasteiger partial charge in [-0.15, -0.1) is 11.7 Å². The van der Waals surface area contributed by atoms with Crippen LogP contribution in [-0.2, 0) is 4.79 Å². The van der Waals surface area contributed by atoms with E-state index in [2.05, 4.69) is 27.4 Å². The van der Waals surface area contributed by atoms with E-state index < -0.39 is 0 Å². The Bertz CT molecular complexity index is 658. The summed E-state index contributed by atoms with van der Waals surface area (Å²) in [5.41, 5.74) is 1.78. The highest BCUT2D eigenvalue weighted by Gasteiger charge is 2.13. The zero-order valence-corrected chi connectivity index (χ0v) is 13.0. The molecule has 0 aliphatic carbocycles. The number of hydrogen-bond donors (Lipinski definition) is 1. The van der Waals surface area contributed by atoms with E-state index in [0.29, 0.717) is 16.7 Å². The highest BCUT2D eigenvalue weighted by atomic mass is 35.5. The number of hydrogen-bond acceptors (Lipinski definition) is 5. The number of aromatic nitrogens is 4. The van der Waals surface area contributed by atoms with E-state index in [0.717, 1.165) is 11.3 Å². The predicted octanol–water partition coefficient (Wildman–Crippen LogP) is 2.02. The van der Waals surface area contributed by atoms with Crippen molar-refractivity contribution in [3.63, 3.8) is 0 Å². The Labute approximate surface area is 131 Å². The maximum absolute atomic E-state index is 11.6. The maximum Gasteiger partial charge on any atom is 0.230 e. The maximum atomic E-state index is 11.6. The van der Waals surface area contributed by atoms with Crippen LogP contribution in [0.25, 0.3) is 5.69 Å². The Morgan fingerprint density at radius 1 is 1.57 bits per heavy atom. The van der Waals surface area contributed by atoms with E-state index >= 15 is 0 Å². The number of rotatable bonds is 6. The van der Waals surface area contributed by atoms with Crippen LogP contribution < -0.4 is 5.32 Å². The molecule has 0 saturated heterocycles. The molecule has 1 heterocycles. The highest BCUT2D eigenvalue weighted by molar-refractivity contribution is 7.99. The predicted molar refractivity (Wildman–Crippen MR) is 82.8 cm³/mol. The van der Waals surface area contributed by atoms with Gasteiger partial charge in [0.15, 0.2) is 0 Å². The van der Waals surface area contributed by atoms with Crippen LogP contribution >= 0.6 is 23.4 Å². The van der Waals surface area contributed by atoms with Gasteiger partial charge < -0.3 is 5.32 Å². The average Bonchev–Trinajstić information content (AvgIpc) is 2.93. The summed E-state index contributed by atoms with van der Waals surface area (Å²) in [6.45, 7) is 5.93. The van der Waals surface area contributed by atoms with Gasteiger partial charge >= 0.3 is 0 Å². The minimum Gasteiger partial charge on any atom is -0.352 e. The van der Waals surface area contributed by atoms with Gasteiger partial charge in [-0.25, -0.2) is 0 Å². The number of carbonyl (C=O) groups is 1. The fourth-order valence-corrected chi connectivity index (χ4v) is 2.48. The normalized spacial score (nSPS) is 10.4. The van der Waals surface area contributed by atoms with E-state index in [1.54, 1.807) is 22.9 Å². The summed E-state index contributed by atoms with van der Waals surface area (Å²) in [5.74, 6) is 0.130. The van der Waals surface area contributed by atoms with Crippen molar-refractivity contribution in [2.75, 3.05) is 12.3 Å². The van der Waals surface area contributed by atoms with Gasteiger partial charge in [0.1, 0.15) is 0 Å². The van der Waals surface area contributed by atoms with Crippen LogP contribution in [0.1, 0.15) is 5.56 Å². The molecule has 110 valence electrons.